The highest BCUT2D eigenvalue weighted by molar-refractivity contribution is 7.90. The van der Waals surface area contributed by atoms with Gasteiger partial charge in [-0.2, -0.15) is 0 Å². The van der Waals surface area contributed by atoms with E-state index in [1.807, 2.05) is 0 Å². The van der Waals surface area contributed by atoms with Gasteiger partial charge in [-0.3, -0.25) is 24.0 Å². The van der Waals surface area contributed by atoms with E-state index in [1.54, 1.807) is 0 Å². The highest BCUT2D eigenvalue weighted by Gasteiger charge is 2.46. The van der Waals surface area contributed by atoms with Crippen molar-refractivity contribution < 1.29 is 32.4 Å². The molecule has 5 N–H and O–H groups in total. The SMILES string of the molecule is CS(=O)(=O)c1ccc(C(=O)NC(C(=O)[C@@H]2CN[C@H](C(=O)NC3(C(=O)C(N)=O)CCCCC3)C2)C(N=[N+]=[N-])C2CCCCC2)cc1. The van der Waals surface area contributed by atoms with Gasteiger partial charge in [-0.1, -0.05) is 43.6 Å². The Morgan fingerprint density at radius 2 is 1.64 bits per heavy atom. The second-order valence-corrected chi connectivity index (χ2v) is 14.5. The van der Waals surface area contributed by atoms with Crippen LogP contribution in [0, 0.1) is 11.8 Å². The number of azide groups is 1. The molecule has 2 saturated carbocycles. The molecule has 1 saturated heterocycles. The smallest absolute Gasteiger partial charge is 0.287 e. The molecule has 45 heavy (non-hydrogen) atoms. The molecular weight excluding hydrogens is 602 g/mol. The third-order valence-corrected chi connectivity index (χ3v) is 10.5. The largest absolute Gasteiger partial charge is 0.363 e. The quantitative estimate of drug-likeness (QED) is 0.113. The molecule has 0 aromatic heterocycles. The summed E-state index contributed by atoms with van der Waals surface area (Å²) in [4.78, 5) is 68.4. The van der Waals surface area contributed by atoms with Crippen molar-refractivity contribution in [2.45, 2.75) is 99.2 Å². The van der Waals surface area contributed by atoms with Crippen molar-refractivity contribution in [1.82, 2.24) is 16.0 Å². The maximum Gasteiger partial charge on any atom is 0.287 e. The van der Waals surface area contributed by atoms with Gasteiger partial charge in [0.25, 0.3) is 11.8 Å². The minimum absolute atomic E-state index is 0.0368. The molecule has 244 valence electrons. The molecule has 2 aliphatic carbocycles. The van der Waals surface area contributed by atoms with E-state index in [4.69, 9.17) is 5.73 Å². The third-order valence-electron chi connectivity index (χ3n) is 9.37. The van der Waals surface area contributed by atoms with Crippen LogP contribution < -0.4 is 21.7 Å². The average molecular weight is 644 g/mol. The lowest BCUT2D eigenvalue weighted by Crippen LogP contribution is -2.61. The highest BCUT2D eigenvalue weighted by atomic mass is 32.2. The fourth-order valence-electron chi connectivity index (χ4n) is 6.90. The van der Waals surface area contributed by atoms with E-state index in [2.05, 4.69) is 26.0 Å². The standard InChI is InChI=1S/C30H41N7O7S/c1-45(43,44)21-12-10-19(11-13-21)28(41)34-24(23(36-37-32)18-8-4-2-5-9-18)25(38)20-16-22(33-17-20)29(42)35-30(26(39)27(31)40)14-6-3-7-15-30/h10-13,18,20,22-24,33H,2-9,14-17H2,1H3,(H2,31,40)(H,34,41)(H,35,42)/t20-,22-,23?,24?/m0/s1. The van der Waals surface area contributed by atoms with E-state index < -0.39 is 68.7 Å². The number of carbonyl (C=O) groups excluding carboxylic acids is 5. The first-order chi connectivity index (χ1) is 21.4. The second kappa shape index (κ2) is 14.5. The number of primary amides is 1. The summed E-state index contributed by atoms with van der Waals surface area (Å²) in [7, 11) is -3.49. The Morgan fingerprint density at radius 1 is 1.02 bits per heavy atom. The molecule has 3 amide bonds. The van der Waals surface area contributed by atoms with Crippen molar-refractivity contribution >= 4 is 39.1 Å². The lowest BCUT2D eigenvalue weighted by Gasteiger charge is -2.36. The van der Waals surface area contributed by atoms with Gasteiger partial charge >= 0.3 is 0 Å². The van der Waals surface area contributed by atoms with E-state index in [-0.39, 0.29) is 29.3 Å². The maximum atomic E-state index is 14.1. The predicted octanol–water partition coefficient (Wildman–Crippen LogP) is 1.87. The Hall–Kier alpha value is -3.81. The summed E-state index contributed by atoms with van der Waals surface area (Å²) in [5.41, 5.74) is 13.5. The second-order valence-electron chi connectivity index (χ2n) is 12.5. The van der Waals surface area contributed by atoms with Crippen molar-refractivity contribution in [3.63, 3.8) is 0 Å². The van der Waals surface area contributed by atoms with Crippen LogP contribution in [0.2, 0.25) is 0 Å². The van der Waals surface area contributed by atoms with E-state index >= 15 is 0 Å². The summed E-state index contributed by atoms with van der Waals surface area (Å²) >= 11 is 0. The van der Waals surface area contributed by atoms with Crippen LogP contribution in [0.25, 0.3) is 10.4 Å². The van der Waals surface area contributed by atoms with Crippen LogP contribution in [0.4, 0.5) is 0 Å². The highest BCUT2D eigenvalue weighted by Crippen LogP contribution is 2.33. The molecule has 3 fully saturated rings. The Morgan fingerprint density at radius 3 is 2.22 bits per heavy atom. The molecule has 15 heteroatoms. The summed E-state index contributed by atoms with van der Waals surface area (Å²) in [5, 5.41) is 12.6. The number of nitrogens with zero attached hydrogens (tertiary/aromatic N) is 3. The first kappa shape index (κ1) is 34.1. The number of hydrogen-bond acceptors (Lipinski definition) is 9. The van der Waals surface area contributed by atoms with Crippen LogP contribution in [0.1, 0.15) is 81.0 Å². The Balaban J connectivity index is 1.54. The van der Waals surface area contributed by atoms with Gasteiger partial charge in [0, 0.05) is 29.2 Å². The van der Waals surface area contributed by atoms with Crippen LogP contribution in [0.5, 0.6) is 0 Å². The third kappa shape index (κ3) is 8.08. The van der Waals surface area contributed by atoms with Gasteiger partial charge in [-0.25, -0.2) is 8.42 Å². The number of sulfone groups is 1. The molecule has 2 unspecified atom stereocenters. The molecule has 0 spiro atoms. The zero-order valence-corrected chi connectivity index (χ0v) is 26.2. The predicted molar refractivity (Wildman–Crippen MR) is 163 cm³/mol. The van der Waals surface area contributed by atoms with Crippen LogP contribution in [0.15, 0.2) is 34.3 Å². The Bertz CT molecular complexity index is 1460. The van der Waals surface area contributed by atoms with Crippen LogP contribution in [-0.4, -0.2) is 74.2 Å². The molecular formula is C30H41N7O7S. The van der Waals surface area contributed by atoms with Crippen molar-refractivity contribution in [2.75, 3.05) is 12.8 Å². The topological polar surface area (TPSA) is 230 Å². The van der Waals surface area contributed by atoms with Gasteiger partial charge in [0.1, 0.15) is 5.54 Å². The summed E-state index contributed by atoms with van der Waals surface area (Å²) < 4.78 is 23.7. The van der Waals surface area contributed by atoms with Crippen molar-refractivity contribution in [3.8, 4) is 0 Å². The average Bonchev–Trinajstić information content (AvgIpc) is 3.53. The zero-order chi connectivity index (χ0) is 32.8. The number of nitrogens with one attached hydrogen (secondary N) is 3. The Labute approximate surface area is 262 Å². The summed E-state index contributed by atoms with van der Waals surface area (Å²) in [6.45, 7) is 0.108. The van der Waals surface area contributed by atoms with E-state index in [0.717, 1.165) is 44.8 Å². The minimum Gasteiger partial charge on any atom is -0.363 e. The van der Waals surface area contributed by atoms with Gasteiger partial charge in [0.2, 0.25) is 11.7 Å². The number of Topliss-reactive ketones (excluding diaryl/α,β-unsaturated/α-hetero) is 2. The van der Waals surface area contributed by atoms with Crippen LogP contribution in [-0.2, 0) is 29.0 Å². The molecule has 1 aromatic carbocycles. The zero-order valence-electron chi connectivity index (χ0n) is 25.4. The number of benzene rings is 1. The Kier molecular flexibility index (Phi) is 11.0. The molecule has 4 rings (SSSR count). The summed E-state index contributed by atoms with van der Waals surface area (Å²) in [5.74, 6) is -4.37. The summed E-state index contributed by atoms with van der Waals surface area (Å²) in [6, 6.07) is 2.41. The van der Waals surface area contributed by atoms with Gasteiger partial charge in [-0.05, 0) is 67.8 Å². The van der Waals surface area contributed by atoms with Crippen LogP contribution in [0.3, 0.4) is 0 Å². The van der Waals surface area contributed by atoms with E-state index in [9.17, 15) is 37.9 Å². The first-order valence-electron chi connectivity index (χ1n) is 15.4. The summed E-state index contributed by atoms with van der Waals surface area (Å²) in [6.07, 6.45) is 8.11. The molecule has 14 nitrogen and oxygen atoms in total. The van der Waals surface area contributed by atoms with Gasteiger partial charge < -0.3 is 21.7 Å². The molecule has 1 heterocycles. The van der Waals surface area contributed by atoms with Crippen LogP contribution >= 0.6 is 0 Å². The number of nitrogens with two attached hydrogens (primary N) is 1. The van der Waals surface area contributed by atoms with Gasteiger partial charge in [0.05, 0.1) is 23.0 Å². The first-order valence-corrected chi connectivity index (χ1v) is 17.3. The number of carbonyl (C=O) groups is 5. The lowest BCUT2D eigenvalue weighted by atomic mass is 9.77. The molecule has 1 aliphatic heterocycles. The molecule has 0 bridgehead atoms. The van der Waals surface area contributed by atoms with E-state index in [1.165, 1.54) is 24.3 Å². The lowest BCUT2D eigenvalue weighted by molar-refractivity contribution is -0.143. The number of amides is 3. The monoisotopic (exact) mass is 643 g/mol. The van der Waals surface area contributed by atoms with Crippen molar-refractivity contribution in [3.05, 3.63) is 40.3 Å². The normalized spacial score (nSPS) is 23.1. The van der Waals surface area contributed by atoms with Crippen molar-refractivity contribution in [1.29, 1.82) is 0 Å². The minimum atomic E-state index is -3.49. The van der Waals surface area contributed by atoms with E-state index in [0.29, 0.717) is 25.7 Å². The fraction of sp³-hybridized carbons (Fsp3) is 0.633. The number of ketones is 2. The van der Waals surface area contributed by atoms with Gasteiger partial charge in [0.15, 0.2) is 15.6 Å². The van der Waals surface area contributed by atoms with Crippen molar-refractivity contribution in [2.24, 2.45) is 22.7 Å². The maximum absolute atomic E-state index is 14.1. The molecule has 0 radical (unpaired) electrons. The molecule has 3 aliphatic rings. The molecule has 1 aromatic rings. The molecule has 4 atom stereocenters. The number of hydrogen-bond donors (Lipinski definition) is 4. The van der Waals surface area contributed by atoms with Gasteiger partial charge in [-0.15, -0.1) is 0 Å². The number of rotatable bonds is 12. The fourth-order valence-corrected chi connectivity index (χ4v) is 7.53.